The van der Waals surface area contributed by atoms with Gasteiger partial charge in [-0.3, -0.25) is 9.59 Å². The van der Waals surface area contributed by atoms with Crippen molar-refractivity contribution in [3.05, 3.63) is 20.8 Å². The molecule has 0 spiro atoms. The highest BCUT2D eigenvalue weighted by molar-refractivity contribution is 7.99. The van der Waals surface area contributed by atoms with Gasteiger partial charge in [0.1, 0.15) is 4.83 Å². The summed E-state index contributed by atoms with van der Waals surface area (Å²) in [5.41, 5.74) is 1.16. The van der Waals surface area contributed by atoms with Gasteiger partial charge in [-0.25, -0.2) is 4.98 Å². The first-order valence-corrected chi connectivity index (χ1v) is 11.5. The Morgan fingerprint density at radius 1 is 1.08 bits per heavy atom. The summed E-state index contributed by atoms with van der Waals surface area (Å²) in [6.45, 7) is 1.72. The zero-order valence-corrected chi connectivity index (χ0v) is 16.6. The Labute approximate surface area is 161 Å². The molecule has 26 heavy (non-hydrogen) atoms. The number of H-pyrrole nitrogens is 1. The molecule has 1 saturated heterocycles. The average molecular weight is 392 g/mol. The third-order valence-electron chi connectivity index (χ3n) is 5.34. The summed E-state index contributed by atoms with van der Waals surface area (Å²) < 4.78 is 0. The van der Waals surface area contributed by atoms with E-state index in [-0.39, 0.29) is 11.5 Å². The molecule has 0 aromatic carbocycles. The van der Waals surface area contributed by atoms with Gasteiger partial charge in [0.25, 0.3) is 5.56 Å². The van der Waals surface area contributed by atoms with Crippen molar-refractivity contribution in [1.82, 2.24) is 14.9 Å². The Bertz CT molecular complexity index is 850. The Morgan fingerprint density at radius 3 is 2.62 bits per heavy atom. The lowest BCUT2D eigenvalue weighted by molar-refractivity contribution is -0.128. The number of hydrogen-bond donors (Lipinski definition) is 1. The van der Waals surface area contributed by atoms with E-state index in [4.69, 9.17) is 0 Å². The van der Waals surface area contributed by atoms with E-state index in [2.05, 4.69) is 9.97 Å². The van der Waals surface area contributed by atoms with Crippen molar-refractivity contribution in [3.63, 3.8) is 0 Å². The minimum absolute atomic E-state index is 0.0457. The summed E-state index contributed by atoms with van der Waals surface area (Å²) in [6.07, 6.45) is 10.3. The number of fused-ring (bicyclic) bond motifs is 3. The van der Waals surface area contributed by atoms with Gasteiger partial charge in [-0.15, -0.1) is 11.3 Å². The third-order valence-corrected chi connectivity index (χ3v) is 7.39. The predicted molar refractivity (Wildman–Crippen MR) is 107 cm³/mol. The van der Waals surface area contributed by atoms with E-state index in [0.717, 1.165) is 55.4 Å². The zero-order chi connectivity index (χ0) is 17.9. The normalized spacial score (nSPS) is 18.4. The number of thioether (sulfide) groups is 1. The van der Waals surface area contributed by atoms with Gasteiger partial charge >= 0.3 is 0 Å². The van der Waals surface area contributed by atoms with Crippen molar-refractivity contribution in [1.29, 1.82) is 0 Å². The molecular weight excluding hydrogens is 366 g/mol. The van der Waals surface area contributed by atoms with E-state index < -0.39 is 0 Å². The van der Waals surface area contributed by atoms with Crippen LogP contribution in [0.15, 0.2) is 9.95 Å². The second kappa shape index (κ2) is 8.13. The molecule has 4 rings (SSSR count). The largest absolute Gasteiger partial charge is 0.342 e. The summed E-state index contributed by atoms with van der Waals surface area (Å²) in [7, 11) is 0. The second-order valence-corrected chi connectivity index (χ2v) is 9.25. The average Bonchev–Trinajstić information content (AvgIpc) is 2.98. The number of aryl methyl sites for hydroxylation is 2. The Balaban J connectivity index is 1.47. The summed E-state index contributed by atoms with van der Waals surface area (Å²) in [5, 5.41) is 1.35. The van der Waals surface area contributed by atoms with E-state index in [9.17, 15) is 9.59 Å². The first kappa shape index (κ1) is 18.0. The Morgan fingerprint density at radius 2 is 1.81 bits per heavy atom. The highest BCUT2D eigenvalue weighted by atomic mass is 32.2. The number of nitrogens with zero attached hydrogens (tertiary/aromatic N) is 2. The van der Waals surface area contributed by atoms with Crippen molar-refractivity contribution in [3.8, 4) is 0 Å². The molecule has 0 bridgehead atoms. The molecular formula is C19H25N3O2S2. The van der Waals surface area contributed by atoms with E-state index in [1.807, 2.05) is 4.90 Å². The Kier molecular flexibility index (Phi) is 5.64. The lowest BCUT2D eigenvalue weighted by atomic mass is 9.97. The SMILES string of the molecule is O=C(CSc1nc2sc3c(c2c(=O)[nH]1)CCCC3)N1CCCCCCC1. The molecule has 0 unspecified atom stereocenters. The van der Waals surface area contributed by atoms with Crippen LogP contribution < -0.4 is 5.56 Å². The van der Waals surface area contributed by atoms with Gasteiger partial charge in [0, 0.05) is 18.0 Å². The molecule has 2 aromatic heterocycles. The number of rotatable bonds is 3. The minimum Gasteiger partial charge on any atom is -0.342 e. The van der Waals surface area contributed by atoms with E-state index >= 15 is 0 Å². The van der Waals surface area contributed by atoms with Gasteiger partial charge in [-0.2, -0.15) is 0 Å². The number of likely N-dealkylation sites (tertiary alicyclic amines) is 1. The maximum atomic E-state index is 12.6. The van der Waals surface area contributed by atoms with Crippen LogP contribution in [0.4, 0.5) is 0 Å². The molecule has 0 radical (unpaired) electrons. The smallest absolute Gasteiger partial charge is 0.260 e. The predicted octanol–water partition coefficient (Wildman–Crippen LogP) is 3.75. The number of hydrogen-bond acceptors (Lipinski definition) is 5. The molecule has 0 saturated carbocycles. The highest BCUT2D eigenvalue weighted by Crippen LogP contribution is 2.34. The number of amides is 1. The summed E-state index contributed by atoms with van der Waals surface area (Å²) in [5.74, 6) is 0.504. The number of carbonyl (C=O) groups excluding carboxylic acids is 1. The zero-order valence-electron chi connectivity index (χ0n) is 15.0. The monoisotopic (exact) mass is 391 g/mol. The van der Waals surface area contributed by atoms with Crippen LogP contribution in [0.5, 0.6) is 0 Å². The highest BCUT2D eigenvalue weighted by Gasteiger charge is 2.20. The topological polar surface area (TPSA) is 66.1 Å². The van der Waals surface area contributed by atoms with Gasteiger partial charge in [0.05, 0.1) is 11.1 Å². The van der Waals surface area contributed by atoms with Crippen molar-refractivity contribution >= 4 is 39.2 Å². The molecule has 140 valence electrons. The first-order chi connectivity index (χ1) is 12.7. The fraction of sp³-hybridized carbons (Fsp3) is 0.632. The Hall–Kier alpha value is -1.34. The lowest BCUT2D eigenvalue weighted by Crippen LogP contribution is -2.35. The van der Waals surface area contributed by atoms with Crippen molar-refractivity contribution < 1.29 is 4.79 Å². The van der Waals surface area contributed by atoms with Gasteiger partial charge in [-0.05, 0) is 44.1 Å². The van der Waals surface area contributed by atoms with Gasteiger partial charge in [0.2, 0.25) is 5.91 Å². The quantitative estimate of drug-likeness (QED) is 0.639. The standard InChI is InChI=1S/C19H25N3O2S2/c23-15(22-10-6-2-1-3-7-11-22)12-25-19-20-17(24)16-13-8-4-5-9-14(13)26-18(16)21-19/h1-12H2,(H,20,21,24). The van der Waals surface area contributed by atoms with E-state index in [0.29, 0.717) is 10.9 Å². The van der Waals surface area contributed by atoms with Gasteiger partial charge in [-0.1, -0.05) is 31.0 Å². The summed E-state index contributed by atoms with van der Waals surface area (Å²) in [6, 6.07) is 0. The van der Waals surface area contributed by atoms with Gasteiger partial charge in [0.15, 0.2) is 5.16 Å². The third kappa shape index (κ3) is 3.83. The van der Waals surface area contributed by atoms with Crippen LogP contribution in [0.2, 0.25) is 0 Å². The maximum Gasteiger partial charge on any atom is 0.260 e. The molecule has 1 aliphatic heterocycles. The molecule has 5 nitrogen and oxygen atoms in total. The first-order valence-electron chi connectivity index (χ1n) is 9.67. The van der Waals surface area contributed by atoms with Crippen LogP contribution in [0.25, 0.3) is 10.2 Å². The van der Waals surface area contributed by atoms with Crippen LogP contribution in [-0.2, 0) is 17.6 Å². The molecule has 1 aliphatic carbocycles. The lowest BCUT2D eigenvalue weighted by Gasteiger charge is -2.24. The number of carbonyl (C=O) groups is 1. The van der Waals surface area contributed by atoms with Crippen molar-refractivity contribution in [2.75, 3.05) is 18.8 Å². The molecule has 1 amide bonds. The number of aromatic nitrogens is 2. The molecule has 7 heteroatoms. The molecule has 2 aliphatic rings. The summed E-state index contributed by atoms with van der Waals surface area (Å²) >= 11 is 3.01. The molecule has 1 fully saturated rings. The fourth-order valence-corrected chi connectivity index (χ4v) is 6.01. The number of nitrogens with one attached hydrogen (secondary N) is 1. The van der Waals surface area contributed by atoms with Crippen molar-refractivity contribution in [2.45, 2.75) is 62.9 Å². The number of aromatic amines is 1. The minimum atomic E-state index is -0.0457. The molecule has 0 atom stereocenters. The molecule has 1 N–H and O–H groups in total. The van der Waals surface area contributed by atoms with Crippen LogP contribution >= 0.6 is 23.1 Å². The van der Waals surface area contributed by atoms with Crippen LogP contribution in [0, 0.1) is 0 Å². The van der Waals surface area contributed by atoms with E-state index in [1.165, 1.54) is 47.9 Å². The summed E-state index contributed by atoms with van der Waals surface area (Å²) in [4.78, 5) is 36.8. The van der Waals surface area contributed by atoms with Crippen LogP contribution in [0.3, 0.4) is 0 Å². The number of thiophene rings is 1. The van der Waals surface area contributed by atoms with Gasteiger partial charge < -0.3 is 9.88 Å². The van der Waals surface area contributed by atoms with Crippen molar-refractivity contribution in [2.24, 2.45) is 0 Å². The van der Waals surface area contributed by atoms with Crippen LogP contribution in [-0.4, -0.2) is 39.6 Å². The fourth-order valence-electron chi connectivity index (χ4n) is 3.93. The molecule has 3 heterocycles. The maximum absolute atomic E-state index is 12.6. The van der Waals surface area contributed by atoms with E-state index in [1.54, 1.807) is 11.3 Å². The molecule has 2 aromatic rings. The van der Waals surface area contributed by atoms with Crippen LogP contribution in [0.1, 0.15) is 55.4 Å². The second-order valence-electron chi connectivity index (χ2n) is 7.20.